The molecule has 2 saturated heterocycles. The van der Waals surface area contributed by atoms with Crippen LogP contribution in [-0.2, 0) is 18.9 Å². The maximum Gasteiger partial charge on any atom is 0.407 e. The van der Waals surface area contributed by atoms with Crippen LogP contribution in [0.15, 0.2) is 12.2 Å². The van der Waals surface area contributed by atoms with E-state index in [4.69, 9.17) is 24.1 Å². The van der Waals surface area contributed by atoms with Crippen molar-refractivity contribution in [1.29, 1.82) is 0 Å². The van der Waals surface area contributed by atoms with Gasteiger partial charge in [0.15, 0.2) is 0 Å². The van der Waals surface area contributed by atoms with Gasteiger partial charge in [-0.05, 0) is 25.7 Å². The van der Waals surface area contributed by atoms with Gasteiger partial charge in [-0.2, -0.15) is 0 Å². The van der Waals surface area contributed by atoms with Gasteiger partial charge in [-0.15, -0.1) is 0 Å². The number of methoxy groups -OCH3 is 1. The molecule has 3 rings (SSSR count). The number of alkyl carbamates (subject to hydrolysis) is 1. The van der Waals surface area contributed by atoms with E-state index in [0.717, 1.165) is 6.42 Å². The van der Waals surface area contributed by atoms with Crippen LogP contribution < -0.4 is 5.32 Å². The van der Waals surface area contributed by atoms with Gasteiger partial charge >= 0.3 is 6.09 Å². The lowest BCUT2D eigenvalue weighted by Crippen LogP contribution is -2.56. The SMILES string of the molecule is COC1C(C2(C)O[C@@H]2/C=C/C(C)C)[C@]2(CC[C@H]1OC(=O)NCCO)CO2. The van der Waals surface area contributed by atoms with Crippen LogP contribution in [-0.4, -0.2) is 67.6 Å². The van der Waals surface area contributed by atoms with Gasteiger partial charge in [0.1, 0.15) is 29.5 Å². The minimum Gasteiger partial charge on any atom is -0.443 e. The van der Waals surface area contributed by atoms with Gasteiger partial charge < -0.3 is 29.4 Å². The number of hydrogen-bond acceptors (Lipinski definition) is 6. The van der Waals surface area contributed by atoms with E-state index in [1.54, 1.807) is 7.11 Å². The first kappa shape index (κ1) is 19.6. The number of carbonyl (C=O) groups excluding carboxylic acids is 1. The first-order chi connectivity index (χ1) is 12.4. The van der Waals surface area contributed by atoms with Crippen molar-refractivity contribution in [3.05, 3.63) is 12.2 Å². The molecular formula is C19H31NO6. The fourth-order valence-electron chi connectivity index (χ4n) is 4.28. The van der Waals surface area contributed by atoms with Gasteiger partial charge in [0.05, 0.1) is 19.1 Å². The molecule has 0 aromatic carbocycles. The number of amides is 1. The molecule has 26 heavy (non-hydrogen) atoms. The molecule has 7 heteroatoms. The van der Waals surface area contributed by atoms with Crippen molar-refractivity contribution in [1.82, 2.24) is 5.32 Å². The topological polar surface area (TPSA) is 92.9 Å². The maximum atomic E-state index is 11.9. The second-order valence-electron chi connectivity index (χ2n) is 8.02. The van der Waals surface area contributed by atoms with Crippen molar-refractivity contribution in [3.63, 3.8) is 0 Å². The molecule has 7 nitrogen and oxygen atoms in total. The molecule has 3 aliphatic rings. The highest BCUT2D eigenvalue weighted by molar-refractivity contribution is 5.67. The molecule has 0 aromatic heterocycles. The fourth-order valence-corrected chi connectivity index (χ4v) is 4.28. The molecule has 2 N–H and O–H groups in total. The van der Waals surface area contributed by atoms with Crippen LogP contribution in [0.1, 0.15) is 33.6 Å². The maximum absolute atomic E-state index is 11.9. The quantitative estimate of drug-likeness (QED) is 0.523. The lowest BCUT2D eigenvalue weighted by atomic mass is 9.68. The second-order valence-corrected chi connectivity index (χ2v) is 8.02. The third-order valence-electron chi connectivity index (χ3n) is 5.72. The Balaban J connectivity index is 1.73. The molecule has 0 aromatic rings. The predicted molar refractivity (Wildman–Crippen MR) is 94.8 cm³/mol. The standard InChI is InChI=1S/C19H31NO6/c1-12(2)5-6-14-18(3,26-14)16-15(23-4)13(7-8-19(16)11-24-19)25-17(22)20-9-10-21/h5-6,12-16,21H,7-11H2,1-4H3,(H,20,22)/b6-5+/t13-,14-,15?,16?,18?,19+/m1/s1. The van der Waals surface area contributed by atoms with Crippen LogP contribution in [0.5, 0.6) is 0 Å². The number of allylic oxidation sites excluding steroid dienone is 1. The van der Waals surface area contributed by atoms with Crippen LogP contribution in [0, 0.1) is 11.8 Å². The van der Waals surface area contributed by atoms with Crippen molar-refractivity contribution in [3.8, 4) is 0 Å². The Hall–Kier alpha value is -1.15. The number of hydrogen-bond donors (Lipinski definition) is 2. The molecule has 3 unspecified atom stereocenters. The van der Waals surface area contributed by atoms with E-state index in [9.17, 15) is 4.79 Å². The monoisotopic (exact) mass is 369 g/mol. The van der Waals surface area contributed by atoms with Crippen LogP contribution >= 0.6 is 0 Å². The molecule has 0 radical (unpaired) electrons. The Morgan fingerprint density at radius 3 is 2.77 bits per heavy atom. The van der Waals surface area contributed by atoms with Crippen LogP contribution in [0.2, 0.25) is 0 Å². The molecule has 148 valence electrons. The molecule has 3 fully saturated rings. The van der Waals surface area contributed by atoms with Crippen molar-refractivity contribution in [2.24, 2.45) is 11.8 Å². The summed E-state index contributed by atoms with van der Waals surface area (Å²) in [6, 6.07) is 0. The Morgan fingerprint density at radius 1 is 1.46 bits per heavy atom. The molecular weight excluding hydrogens is 338 g/mol. The summed E-state index contributed by atoms with van der Waals surface area (Å²) in [6.45, 7) is 7.10. The Morgan fingerprint density at radius 2 is 2.19 bits per heavy atom. The molecule has 2 heterocycles. The molecule has 1 spiro atoms. The fraction of sp³-hybridized carbons (Fsp3) is 0.842. The number of carbonyl (C=O) groups is 1. The van der Waals surface area contributed by atoms with Crippen LogP contribution in [0.4, 0.5) is 4.79 Å². The zero-order valence-electron chi connectivity index (χ0n) is 16.1. The van der Waals surface area contributed by atoms with E-state index in [2.05, 4.69) is 38.2 Å². The Labute approximate surface area is 155 Å². The summed E-state index contributed by atoms with van der Waals surface area (Å²) >= 11 is 0. The summed E-state index contributed by atoms with van der Waals surface area (Å²) in [4.78, 5) is 11.9. The zero-order chi connectivity index (χ0) is 18.9. The minimum absolute atomic E-state index is 0.00814. The van der Waals surface area contributed by atoms with Crippen LogP contribution in [0.25, 0.3) is 0 Å². The summed E-state index contributed by atoms with van der Waals surface area (Å²) in [5, 5.41) is 11.4. The highest BCUT2D eigenvalue weighted by atomic mass is 16.6. The zero-order valence-corrected chi connectivity index (χ0v) is 16.1. The van der Waals surface area contributed by atoms with E-state index in [1.165, 1.54) is 0 Å². The van der Waals surface area contributed by atoms with Gasteiger partial charge in [-0.1, -0.05) is 26.0 Å². The average molecular weight is 369 g/mol. The molecule has 1 amide bonds. The van der Waals surface area contributed by atoms with Crippen molar-refractivity contribution in [2.45, 2.75) is 63.1 Å². The van der Waals surface area contributed by atoms with Crippen molar-refractivity contribution in [2.75, 3.05) is 26.9 Å². The van der Waals surface area contributed by atoms with Crippen LogP contribution in [0.3, 0.4) is 0 Å². The third kappa shape index (κ3) is 3.76. The molecule has 0 bridgehead atoms. The van der Waals surface area contributed by atoms with E-state index in [0.29, 0.717) is 18.9 Å². The summed E-state index contributed by atoms with van der Waals surface area (Å²) in [6.07, 6.45) is 4.59. The lowest BCUT2D eigenvalue weighted by molar-refractivity contribution is -0.118. The van der Waals surface area contributed by atoms with Crippen molar-refractivity contribution < 1.29 is 28.8 Å². The van der Waals surface area contributed by atoms with Gasteiger partial charge in [-0.25, -0.2) is 4.79 Å². The number of ether oxygens (including phenoxy) is 4. The van der Waals surface area contributed by atoms with E-state index in [-0.39, 0.29) is 48.6 Å². The lowest BCUT2D eigenvalue weighted by Gasteiger charge is -2.42. The Bertz CT molecular complexity index is 546. The number of rotatable bonds is 7. The molecule has 2 aliphatic heterocycles. The first-order valence-corrected chi connectivity index (χ1v) is 9.44. The largest absolute Gasteiger partial charge is 0.443 e. The van der Waals surface area contributed by atoms with E-state index < -0.39 is 6.09 Å². The van der Waals surface area contributed by atoms with E-state index in [1.807, 2.05) is 0 Å². The molecule has 1 saturated carbocycles. The normalized spacial score (nSPS) is 41.6. The minimum atomic E-state index is -0.532. The first-order valence-electron chi connectivity index (χ1n) is 9.44. The second kappa shape index (κ2) is 7.46. The molecule has 6 atom stereocenters. The molecule has 1 aliphatic carbocycles. The summed E-state index contributed by atoms with van der Waals surface area (Å²) in [5.41, 5.74) is -0.622. The number of aliphatic hydroxyl groups excluding tert-OH is 1. The van der Waals surface area contributed by atoms with Gasteiger partial charge in [0.25, 0.3) is 0 Å². The summed E-state index contributed by atoms with van der Waals surface area (Å²) in [7, 11) is 1.64. The smallest absolute Gasteiger partial charge is 0.407 e. The highest BCUT2D eigenvalue weighted by Gasteiger charge is 2.72. The van der Waals surface area contributed by atoms with E-state index >= 15 is 0 Å². The Kier molecular flexibility index (Phi) is 5.63. The van der Waals surface area contributed by atoms with Crippen molar-refractivity contribution >= 4 is 6.09 Å². The average Bonchev–Trinajstić information content (AvgIpc) is 3.50. The third-order valence-corrected chi connectivity index (χ3v) is 5.72. The predicted octanol–water partition coefficient (Wildman–Crippen LogP) is 1.64. The van der Waals surface area contributed by atoms with Gasteiger partial charge in [-0.3, -0.25) is 0 Å². The summed E-state index contributed by atoms with van der Waals surface area (Å²) in [5.74, 6) is 0.455. The number of aliphatic hydroxyl groups is 1. The highest BCUT2D eigenvalue weighted by Crippen LogP contribution is 2.59. The number of epoxide rings is 2. The summed E-state index contributed by atoms with van der Waals surface area (Å²) < 4.78 is 23.3. The van der Waals surface area contributed by atoms with Gasteiger partial charge in [0.2, 0.25) is 0 Å². The number of nitrogens with one attached hydrogen (secondary N) is 1. The van der Waals surface area contributed by atoms with Gasteiger partial charge in [0, 0.05) is 13.7 Å².